The van der Waals surface area contributed by atoms with Crippen molar-refractivity contribution in [3.05, 3.63) is 65.7 Å². The number of nitrogens with one attached hydrogen (secondary N) is 1. The molecule has 0 saturated carbocycles. The second-order valence-electron chi connectivity index (χ2n) is 5.80. The van der Waals surface area contributed by atoms with Crippen LogP contribution in [0.1, 0.15) is 25.0 Å². The fraction of sp³-hybridized carbons (Fsp3) is 0.263. The molecule has 0 saturated heterocycles. The van der Waals surface area contributed by atoms with Gasteiger partial charge in [-0.2, -0.15) is 5.26 Å². The molecule has 2 aromatic carbocycles. The number of ether oxygens (including phenoxy) is 1. The molecule has 2 rings (SSSR count). The first-order chi connectivity index (χ1) is 11.0. The molecule has 1 N–H and O–H groups in total. The highest BCUT2D eigenvalue weighted by molar-refractivity contribution is 5.84. The normalized spacial score (nSPS) is 10.7. The molecule has 0 fully saturated rings. The van der Waals surface area contributed by atoms with Gasteiger partial charge in [0.05, 0.1) is 6.07 Å². The number of amides is 1. The van der Waals surface area contributed by atoms with Gasteiger partial charge >= 0.3 is 0 Å². The van der Waals surface area contributed by atoms with Crippen molar-refractivity contribution in [2.24, 2.45) is 5.41 Å². The first kappa shape index (κ1) is 16.6. The summed E-state index contributed by atoms with van der Waals surface area (Å²) in [5.74, 6) is 0.435. The molecule has 2 aromatic rings. The minimum Gasteiger partial charge on any atom is -0.489 e. The van der Waals surface area contributed by atoms with Gasteiger partial charge in [0.15, 0.2) is 0 Å². The van der Waals surface area contributed by atoms with Crippen LogP contribution in [-0.4, -0.2) is 5.91 Å². The van der Waals surface area contributed by atoms with Gasteiger partial charge in [0, 0.05) is 12.1 Å². The maximum atomic E-state index is 12.0. The standard InChI is InChI=1S/C19H20N2O2/c1-19(2,14-20)18(22)21-12-16-10-6-7-11-17(16)23-13-15-8-4-3-5-9-15/h3-11H,12-13H2,1-2H3,(H,21,22). The highest BCUT2D eigenvalue weighted by Crippen LogP contribution is 2.20. The Morgan fingerprint density at radius 1 is 1.13 bits per heavy atom. The fourth-order valence-corrected chi connectivity index (χ4v) is 1.97. The number of rotatable bonds is 6. The van der Waals surface area contributed by atoms with Gasteiger partial charge in [-0.15, -0.1) is 0 Å². The van der Waals surface area contributed by atoms with Gasteiger partial charge in [-0.05, 0) is 25.5 Å². The SMILES string of the molecule is CC(C)(C#N)C(=O)NCc1ccccc1OCc1ccccc1. The van der Waals surface area contributed by atoms with Crippen molar-refractivity contribution in [3.63, 3.8) is 0 Å². The highest BCUT2D eigenvalue weighted by Gasteiger charge is 2.26. The van der Waals surface area contributed by atoms with E-state index in [1.54, 1.807) is 13.8 Å². The van der Waals surface area contributed by atoms with Gasteiger partial charge in [0.25, 0.3) is 0 Å². The predicted molar refractivity (Wildman–Crippen MR) is 88.5 cm³/mol. The lowest BCUT2D eigenvalue weighted by Gasteiger charge is -2.16. The highest BCUT2D eigenvalue weighted by atomic mass is 16.5. The van der Waals surface area contributed by atoms with E-state index in [0.717, 1.165) is 16.9 Å². The maximum absolute atomic E-state index is 12.0. The summed E-state index contributed by atoms with van der Waals surface area (Å²) < 4.78 is 5.85. The van der Waals surface area contributed by atoms with E-state index < -0.39 is 5.41 Å². The molecule has 0 aliphatic heterocycles. The lowest BCUT2D eigenvalue weighted by Crippen LogP contribution is -2.35. The average molecular weight is 308 g/mol. The van der Waals surface area contributed by atoms with Gasteiger partial charge in [-0.1, -0.05) is 48.5 Å². The molecule has 118 valence electrons. The van der Waals surface area contributed by atoms with Crippen LogP contribution in [0.15, 0.2) is 54.6 Å². The number of nitrogens with zero attached hydrogens (tertiary/aromatic N) is 1. The van der Waals surface area contributed by atoms with Crippen molar-refractivity contribution < 1.29 is 9.53 Å². The molecule has 0 aliphatic carbocycles. The smallest absolute Gasteiger partial charge is 0.240 e. The Morgan fingerprint density at radius 3 is 2.48 bits per heavy atom. The Balaban J connectivity index is 2.01. The Morgan fingerprint density at radius 2 is 1.78 bits per heavy atom. The molecular formula is C19H20N2O2. The third-order valence-electron chi connectivity index (χ3n) is 3.50. The number of hydrogen-bond acceptors (Lipinski definition) is 3. The van der Waals surface area contributed by atoms with E-state index >= 15 is 0 Å². The number of hydrogen-bond donors (Lipinski definition) is 1. The number of para-hydroxylation sites is 1. The van der Waals surface area contributed by atoms with Crippen molar-refractivity contribution in [2.45, 2.75) is 27.0 Å². The van der Waals surface area contributed by atoms with E-state index in [0.29, 0.717) is 13.2 Å². The Bertz CT molecular complexity index is 703. The van der Waals surface area contributed by atoms with Crippen LogP contribution in [0.5, 0.6) is 5.75 Å². The van der Waals surface area contributed by atoms with Crippen molar-refractivity contribution in [1.29, 1.82) is 5.26 Å². The largest absolute Gasteiger partial charge is 0.489 e. The molecule has 0 unspecified atom stereocenters. The van der Waals surface area contributed by atoms with Crippen LogP contribution in [0.3, 0.4) is 0 Å². The third kappa shape index (κ3) is 4.58. The minimum absolute atomic E-state index is 0.294. The van der Waals surface area contributed by atoms with Crippen LogP contribution in [0.4, 0.5) is 0 Å². The van der Waals surface area contributed by atoms with E-state index in [2.05, 4.69) is 5.32 Å². The van der Waals surface area contributed by atoms with E-state index in [-0.39, 0.29) is 5.91 Å². The van der Waals surface area contributed by atoms with Crippen LogP contribution in [-0.2, 0) is 17.9 Å². The zero-order chi connectivity index (χ0) is 16.7. The van der Waals surface area contributed by atoms with Crippen molar-refractivity contribution >= 4 is 5.91 Å². The Hall–Kier alpha value is -2.80. The molecule has 23 heavy (non-hydrogen) atoms. The molecule has 4 heteroatoms. The maximum Gasteiger partial charge on any atom is 0.240 e. The molecule has 0 aromatic heterocycles. The molecule has 0 bridgehead atoms. The summed E-state index contributed by atoms with van der Waals surface area (Å²) in [7, 11) is 0. The molecule has 4 nitrogen and oxygen atoms in total. The van der Waals surface area contributed by atoms with Crippen LogP contribution in [0.25, 0.3) is 0 Å². The monoisotopic (exact) mass is 308 g/mol. The molecule has 1 amide bonds. The van der Waals surface area contributed by atoms with Gasteiger partial charge in [0.1, 0.15) is 17.8 Å². The molecular weight excluding hydrogens is 288 g/mol. The summed E-state index contributed by atoms with van der Waals surface area (Å²) in [5, 5.41) is 11.8. The van der Waals surface area contributed by atoms with Gasteiger partial charge in [0.2, 0.25) is 5.91 Å². The van der Waals surface area contributed by atoms with Crippen molar-refractivity contribution in [1.82, 2.24) is 5.32 Å². The second-order valence-corrected chi connectivity index (χ2v) is 5.80. The Kier molecular flexibility index (Phi) is 5.37. The number of carbonyl (C=O) groups excluding carboxylic acids is 1. The number of carbonyl (C=O) groups is 1. The van der Waals surface area contributed by atoms with Crippen LogP contribution < -0.4 is 10.1 Å². The van der Waals surface area contributed by atoms with Crippen molar-refractivity contribution in [2.75, 3.05) is 0 Å². The summed E-state index contributed by atoms with van der Waals surface area (Å²) in [6.45, 7) is 3.99. The summed E-state index contributed by atoms with van der Waals surface area (Å²) >= 11 is 0. The number of benzene rings is 2. The Labute approximate surface area is 136 Å². The topological polar surface area (TPSA) is 62.1 Å². The lowest BCUT2D eigenvalue weighted by molar-refractivity contribution is -0.126. The van der Waals surface area contributed by atoms with Gasteiger partial charge in [-0.3, -0.25) is 4.79 Å². The van der Waals surface area contributed by atoms with Crippen molar-refractivity contribution in [3.8, 4) is 11.8 Å². The van der Waals surface area contributed by atoms with Crippen LogP contribution in [0.2, 0.25) is 0 Å². The minimum atomic E-state index is -1.04. The fourth-order valence-electron chi connectivity index (χ4n) is 1.97. The zero-order valence-corrected chi connectivity index (χ0v) is 13.4. The number of nitriles is 1. The molecule has 0 heterocycles. The molecule has 0 aliphatic rings. The van der Waals surface area contributed by atoms with Gasteiger partial charge in [-0.25, -0.2) is 0 Å². The third-order valence-corrected chi connectivity index (χ3v) is 3.50. The second kappa shape index (κ2) is 7.46. The first-order valence-corrected chi connectivity index (χ1v) is 7.47. The van der Waals surface area contributed by atoms with E-state index in [4.69, 9.17) is 10.00 Å². The molecule has 0 atom stereocenters. The quantitative estimate of drug-likeness (QED) is 0.889. The summed E-state index contributed by atoms with van der Waals surface area (Å²) in [4.78, 5) is 12.0. The summed E-state index contributed by atoms with van der Waals surface area (Å²) in [6, 6.07) is 19.5. The molecule has 0 radical (unpaired) electrons. The van der Waals surface area contributed by atoms with E-state index in [1.165, 1.54) is 0 Å². The molecule has 0 spiro atoms. The first-order valence-electron chi connectivity index (χ1n) is 7.47. The lowest BCUT2D eigenvalue weighted by atomic mass is 9.94. The van der Waals surface area contributed by atoms with Crippen LogP contribution >= 0.6 is 0 Å². The van der Waals surface area contributed by atoms with Crippen LogP contribution in [0, 0.1) is 16.7 Å². The van der Waals surface area contributed by atoms with E-state index in [1.807, 2.05) is 60.7 Å². The van der Waals surface area contributed by atoms with E-state index in [9.17, 15) is 4.79 Å². The van der Waals surface area contributed by atoms with Gasteiger partial charge < -0.3 is 10.1 Å². The predicted octanol–water partition coefficient (Wildman–Crippen LogP) is 3.43. The summed E-state index contributed by atoms with van der Waals surface area (Å²) in [6.07, 6.45) is 0. The summed E-state index contributed by atoms with van der Waals surface area (Å²) in [5.41, 5.74) is 0.919. The zero-order valence-electron chi connectivity index (χ0n) is 13.4. The average Bonchev–Trinajstić information content (AvgIpc) is 2.59.